The van der Waals surface area contributed by atoms with E-state index in [9.17, 15) is 14.4 Å². The van der Waals surface area contributed by atoms with E-state index in [1.807, 2.05) is 24.3 Å². The number of Topliss-reactive ketones (excluding diaryl/α,β-unsaturated/α-hetero) is 1. The van der Waals surface area contributed by atoms with Crippen molar-refractivity contribution in [1.82, 2.24) is 5.01 Å². The Bertz CT molecular complexity index is 1070. The van der Waals surface area contributed by atoms with Crippen LogP contribution in [-0.4, -0.2) is 48.2 Å². The molecule has 0 N–H and O–H groups in total. The van der Waals surface area contributed by atoms with Gasteiger partial charge in [-0.15, -0.1) is 0 Å². The van der Waals surface area contributed by atoms with E-state index in [0.29, 0.717) is 17.8 Å². The molecular weight excluding hydrogens is 466 g/mol. The molecule has 0 saturated heterocycles. The van der Waals surface area contributed by atoms with Crippen LogP contribution in [0.5, 0.6) is 0 Å². The molecule has 7 nitrogen and oxygen atoms in total. The lowest BCUT2D eigenvalue weighted by Crippen LogP contribution is -2.54. The fourth-order valence-corrected chi connectivity index (χ4v) is 8.42. The van der Waals surface area contributed by atoms with Crippen LogP contribution in [0.15, 0.2) is 29.4 Å². The molecule has 0 aromatic heterocycles. The minimum atomic E-state index is -0.485. The molecule has 6 aliphatic rings. The first-order valence-corrected chi connectivity index (χ1v) is 14.4. The van der Waals surface area contributed by atoms with E-state index >= 15 is 0 Å². The number of rotatable bonds is 7. The molecule has 0 radical (unpaired) electrons. The molecule has 4 bridgehead atoms. The molecule has 5 aliphatic carbocycles. The molecule has 0 spiro atoms. The molecule has 0 atom stereocenters. The molecule has 1 aromatic carbocycles. The number of urea groups is 1. The van der Waals surface area contributed by atoms with E-state index in [-0.39, 0.29) is 36.8 Å². The van der Waals surface area contributed by atoms with Gasteiger partial charge in [-0.05, 0) is 82.1 Å². The van der Waals surface area contributed by atoms with Crippen molar-refractivity contribution >= 4 is 29.2 Å². The Morgan fingerprint density at radius 3 is 2.27 bits per heavy atom. The number of hydrogen-bond acceptors (Lipinski definition) is 5. The van der Waals surface area contributed by atoms with E-state index in [1.165, 1.54) is 30.7 Å². The highest BCUT2D eigenvalue weighted by atomic mass is 16.5. The average molecular weight is 506 g/mol. The van der Waals surface area contributed by atoms with Crippen molar-refractivity contribution in [2.45, 2.75) is 77.6 Å². The summed E-state index contributed by atoms with van der Waals surface area (Å²) in [6.45, 7) is 1.79. The number of anilines is 1. The zero-order valence-electron chi connectivity index (χ0n) is 22.0. The summed E-state index contributed by atoms with van der Waals surface area (Å²) in [5.41, 5.74) is 2.21. The summed E-state index contributed by atoms with van der Waals surface area (Å²) in [6.07, 6.45) is 12.2. The minimum Gasteiger partial charge on any atom is -0.465 e. The SMILES string of the molecule is CCOC(=O)CN1N=C(C2CCCCC2)c2ccccc2N(CC(=O)C23CC4CC(CC(C4)C2)C3)C1=O. The number of benzene rings is 1. The topological polar surface area (TPSA) is 79.3 Å². The first-order chi connectivity index (χ1) is 18.0. The number of amides is 2. The predicted molar refractivity (Wildman–Crippen MR) is 141 cm³/mol. The van der Waals surface area contributed by atoms with Crippen molar-refractivity contribution in [1.29, 1.82) is 0 Å². The van der Waals surface area contributed by atoms with Crippen molar-refractivity contribution in [3.8, 4) is 0 Å². The van der Waals surface area contributed by atoms with Gasteiger partial charge < -0.3 is 4.74 Å². The standard InChI is InChI=1S/C30H39N3O4/c1-2-37-27(35)19-33-29(36)32(18-26(34)30-15-20-12-21(16-30)14-22(13-20)17-30)25-11-7-6-10-24(25)28(31-33)23-8-4-3-5-9-23/h6-7,10-11,20-23H,2-5,8-9,12-19H2,1H3. The molecule has 198 valence electrons. The van der Waals surface area contributed by atoms with Gasteiger partial charge in [0, 0.05) is 16.9 Å². The summed E-state index contributed by atoms with van der Waals surface area (Å²) in [4.78, 5) is 42.2. The van der Waals surface area contributed by atoms with Gasteiger partial charge >= 0.3 is 12.0 Å². The smallest absolute Gasteiger partial charge is 0.345 e. The van der Waals surface area contributed by atoms with Gasteiger partial charge in [-0.2, -0.15) is 5.10 Å². The number of carbonyl (C=O) groups is 3. The van der Waals surface area contributed by atoms with E-state index in [4.69, 9.17) is 9.84 Å². The molecular formula is C30H39N3O4. The van der Waals surface area contributed by atoms with Crippen LogP contribution >= 0.6 is 0 Å². The molecule has 5 saturated carbocycles. The normalized spacial score (nSPS) is 31.1. The van der Waals surface area contributed by atoms with Gasteiger partial charge in [0.25, 0.3) is 0 Å². The van der Waals surface area contributed by atoms with Crippen molar-refractivity contribution in [2.75, 3.05) is 24.6 Å². The molecule has 1 heterocycles. The molecule has 37 heavy (non-hydrogen) atoms. The summed E-state index contributed by atoms with van der Waals surface area (Å²) < 4.78 is 5.19. The van der Waals surface area contributed by atoms with Crippen molar-refractivity contribution in [3.05, 3.63) is 29.8 Å². The lowest BCUT2D eigenvalue weighted by atomic mass is 9.48. The Morgan fingerprint density at radius 2 is 1.62 bits per heavy atom. The van der Waals surface area contributed by atoms with Gasteiger partial charge in [0.1, 0.15) is 6.54 Å². The van der Waals surface area contributed by atoms with Crippen LogP contribution in [0.1, 0.15) is 83.1 Å². The summed E-state index contributed by atoms with van der Waals surface area (Å²) in [5, 5.41) is 6.10. The monoisotopic (exact) mass is 505 g/mol. The van der Waals surface area contributed by atoms with Crippen LogP contribution in [0.25, 0.3) is 0 Å². The van der Waals surface area contributed by atoms with Gasteiger partial charge in [-0.25, -0.2) is 9.80 Å². The third kappa shape index (κ3) is 4.59. The van der Waals surface area contributed by atoms with Crippen LogP contribution in [0, 0.1) is 29.1 Å². The first-order valence-electron chi connectivity index (χ1n) is 14.4. The fourth-order valence-electron chi connectivity index (χ4n) is 8.42. The largest absolute Gasteiger partial charge is 0.465 e. The number of para-hydroxylation sites is 1. The molecule has 0 unspecified atom stereocenters. The second-order valence-electron chi connectivity index (χ2n) is 12.2. The predicted octanol–water partition coefficient (Wildman–Crippen LogP) is 5.56. The number of esters is 1. The second-order valence-corrected chi connectivity index (χ2v) is 12.2. The number of ketones is 1. The zero-order chi connectivity index (χ0) is 25.6. The number of ether oxygens (including phenoxy) is 1. The maximum absolute atomic E-state index is 14.1. The number of hydrazone groups is 1. The Morgan fingerprint density at radius 1 is 0.973 bits per heavy atom. The average Bonchev–Trinajstić information content (AvgIpc) is 2.99. The number of fused-ring (bicyclic) bond motifs is 1. The summed E-state index contributed by atoms with van der Waals surface area (Å²) in [6, 6.07) is 7.44. The van der Waals surface area contributed by atoms with Crippen molar-refractivity contribution < 1.29 is 19.1 Å². The molecule has 5 fully saturated rings. The molecule has 7 rings (SSSR count). The highest BCUT2D eigenvalue weighted by molar-refractivity contribution is 6.13. The van der Waals surface area contributed by atoms with Crippen LogP contribution in [0.2, 0.25) is 0 Å². The third-order valence-electron chi connectivity index (χ3n) is 9.66. The number of carbonyl (C=O) groups excluding carboxylic acids is 3. The van der Waals surface area contributed by atoms with Gasteiger partial charge in [-0.3, -0.25) is 14.5 Å². The lowest BCUT2D eigenvalue weighted by Gasteiger charge is -2.56. The van der Waals surface area contributed by atoms with Gasteiger partial charge in [0.15, 0.2) is 5.78 Å². The maximum atomic E-state index is 14.1. The highest BCUT2D eigenvalue weighted by Gasteiger charge is 2.54. The number of nitrogens with zero attached hydrogens (tertiary/aromatic N) is 3. The highest BCUT2D eigenvalue weighted by Crippen LogP contribution is 2.60. The molecule has 1 aromatic rings. The summed E-state index contributed by atoms with van der Waals surface area (Å²) >= 11 is 0. The summed E-state index contributed by atoms with van der Waals surface area (Å²) in [7, 11) is 0. The lowest BCUT2D eigenvalue weighted by molar-refractivity contribution is -0.143. The van der Waals surface area contributed by atoms with E-state index in [0.717, 1.165) is 61.9 Å². The quantitative estimate of drug-likeness (QED) is 0.455. The Kier molecular flexibility index (Phi) is 6.58. The van der Waals surface area contributed by atoms with Crippen molar-refractivity contribution in [3.63, 3.8) is 0 Å². The van der Waals surface area contributed by atoms with Gasteiger partial charge in [-0.1, -0.05) is 37.5 Å². The van der Waals surface area contributed by atoms with Gasteiger partial charge in [0.2, 0.25) is 0 Å². The van der Waals surface area contributed by atoms with Crippen molar-refractivity contribution in [2.24, 2.45) is 34.2 Å². The Labute approximate surface area is 219 Å². The maximum Gasteiger partial charge on any atom is 0.345 e. The minimum absolute atomic E-state index is 0.0365. The van der Waals surface area contributed by atoms with Crippen LogP contribution in [0.3, 0.4) is 0 Å². The second kappa shape index (κ2) is 9.88. The van der Waals surface area contributed by atoms with Crippen LogP contribution in [0.4, 0.5) is 10.5 Å². The Hall–Kier alpha value is -2.70. The third-order valence-corrected chi connectivity index (χ3v) is 9.66. The van der Waals surface area contributed by atoms with Crippen LogP contribution < -0.4 is 4.90 Å². The van der Waals surface area contributed by atoms with E-state index in [2.05, 4.69) is 0 Å². The Balaban J connectivity index is 1.35. The van der Waals surface area contributed by atoms with E-state index < -0.39 is 12.0 Å². The number of hydrogen-bond donors (Lipinski definition) is 0. The van der Waals surface area contributed by atoms with E-state index in [1.54, 1.807) is 11.8 Å². The first kappa shape index (κ1) is 24.6. The molecule has 2 amide bonds. The van der Waals surface area contributed by atoms with Crippen LogP contribution in [-0.2, 0) is 14.3 Å². The summed E-state index contributed by atoms with van der Waals surface area (Å²) in [5.74, 6) is 1.90. The zero-order valence-corrected chi connectivity index (χ0v) is 22.0. The van der Waals surface area contributed by atoms with Gasteiger partial charge in [0.05, 0.1) is 24.6 Å². The molecule has 7 heteroatoms. The molecule has 1 aliphatic heterocycles. The fraction of sp³-hybridized carbons (Fsp3) is 0.667.